The van der Waals surface area contributed by atoms with E-state index < -0.39 is 5.76 Å². The van der Waals surface area contributed by atoms with Crippen LogP contribution in [0.1, 0.15) is 5.56 Å². The predicted molar refractivity (Wildman–Crippen MR) is 101 cm³/mol. The number of anilines is 1. The standard InChI is InChI=1S/C20H20N2O5/c1-13-4-6-14(7-5-13)18-11-22(20(24)27-18)12-19(23)21-15-8-9-16(25-2)17(10-15)26-3/h4-11H,12H2,1-3H3,(H,21,23). The van der Waals surface area contributed by atoms with Gasteiger partial charge in [-0.1, -0.05) is 29.8 Å². The summed E-state index contributed by atoms with van der Waals surface area (Å²) < 4.78 is 16.9. The molecule has 0 saturated carbocycles. The van der Waals surface area contributed by atoms with Crippen molar-refractivity contribution in [2.75, 3.05) is 19.5 Å². The molecule has 0 radical (unpaired) electrons. The van der Waals surface area contributed by atoms with Crippen molar-refractivity contribution in [2.45, 2.75) is 13.5 Å². The summed E-state index contributed by atoms with van der Waals surface area (Å²) in [5.74, 6) is 0.522. The van der Waals surface area contributed by atoms with Crippen LogP contribution in [-0.4, -0.2) is 24.7 Å². The molecule has 1 N–H and O–H groups in total. The van der Waals surface area contributed by atoms with Crippen LogP contribution in [0.3, 0.4) is 0 Å². The van der Waals surface area contributed by atoms with Crippen molar-refractivity contribution in [1.82, 2.24) is 4.57 Å². The minimum atomic E-state index is -0.590. The number of hydrogen-bond acceptors (Lipinski definition) is 5. The molecule has 0 aliphatic rings. The molecule has 7 nitrogen and oxygen atoms in total. The van der Waals surface area contributed by atoms with Gasteiger partial charge in [0.1, 0.15) is 6.54 Å². The first-order valence-corrected chi connectivity index (χ1v) is 8.29. The van der Waals surface area contributed by atoms with Crippen LogP contribution in [0.2, 0.25) is 0 Å². The fourth-order valence-electron chi connectivity index (χ4n) is 2.60. The Balaban J connectivity index is 1.73. The molecule has 1 aromatic heterocycles. The summed E-state index contributed by atoms with van der Waals surface area (Å²) in [4.78, 5) is 24.3. The van der Waals surface area contributed by atoms with Gasteiger partial charge in [0.2, 0.25) is 5.91 Å². The van der Waals surface area contributed by atoms with Gasteiger partial charge in [-0.3, -0.25) is 9.36 Å². The molecule has 0 aliphatic carbocycles. The average Bonchev–Trinajstić information content (AvgIpc) is 3.02. The maximum absolute atomic E-state index is 12.3. The second kappa shape index (κ2) is 7.82. The van der Waals surface area contributed by atoms with Crippen LogP contribution < -0.4 is 20.5 Å². The lowest BCUT2D eigenvalue weighted by Gasteiger charge is -2.10. The summed E-state index contributed by atoms with van der Waals surface area (Å²) in [7, 11) is 3.05. The maximum atomic E-state index is 12.3. The second-order valence-corrected chi connectivity index (χ2v) is 5.97. The second-order valence-electron chi connectivity index (χ2n) is 5.97. The van der Waals surface area contributed by atoms with Crippen molar-refractivity contribution >= 4 is 11.6 Å². The first-order valence-electron chi connectivity index (χ1n) is 8.29. The van der Waals surface area contributed by atoms with Gasteiger partial charge in [-0.25, -0.2) is 4.79 Å². The molecule has 0 fully saturated rings. The van der Waals surface area contributed by atoms with Gasteiger partial charge in [-0.2, -0.15) is 0 Å². The molecule has 27 heavy (non-hydrogen) atoms. The molecule has 0 spiro atoms. The molecule has 1 amide bonds. The van der Waals surface area contributed by atoms with Crippen LogP contribution in [0.5, 0.6) is 11.5 Å². The minimum Gasteiger partial charge on any atom is -0.493 e. The molecule has 2 aromatic carbocycles. The largest absolute Gasteiger partial charge is 0.493 e. The highest BCUT2D eigenvalue weighted by molar-refractivity contribution is 5.91. The summed E-state index contributed by atoms with van der Waals surface area (Å²) in [5, 5.41) is 2.72. The number of aryl methyl sites for hydroxylation is 1. The molecule has 140 valence electrons. The topological polar surface area (TPSA) is 82.7 Å². The molecular weight excluding hydrogens is 348 g/mol. The number of nitrogens with one attached hydrogen (secondary N) is 1. The molecule has 0 unspecified atom stereocenters. The lowest BCUT2D eigenvalue weighted by molar-refractivity contribution is -0.116. The van der Waals surface area contributed by atoms with Gasteiger partial charge in [0, 0.05) is 17.3 Å². The van der Waals surface area contributed by atoms with E-state index in [-0.39, 0.29) is 12.5 Å². The normalized spacial score (nSPS) is 10.5. The molecule has 0 atom stereocenters. The summed E-state index contributed by atoms with van der Waals surface area (Å²) in [5.41, 5.74) is 2.42. The summed E-state index contributed by atoms with van der Waals surface area (Å²) in [6.45, 7) is 1.81. The van der Waals surface area contributed by atoms with Gasteiger partial charge in [0.15, 0.2) is 17.3 Å². The van der Waals surface area contributed by atoms with Crippen molar-refractivity contribution in [2.24, 2.45) is 0 Å². The highest BCUT2D eigenvalue weighted by Crippen LogP contribution is 2.29. The first kappa shape index (κ1) is 18.3. The van der Waals surface area contributed by atoms with Crippen LogP contribution in [0.25, 0.3) is 11.3 Å². The predicted octanol–water partition coefficient (Wildman–Crippen LogP) is 3.07. The highest BCUT2D eigenvalue weighted by Gasteiger charge is 2.12. The van der Waals surface area contributed by atoms with Gasteiger partial charge in [0.25, 0.3) is 0 Å². The van der Waals surface area contributed by atoms with Gasteiger partial charge in [0.05, 0.1) is 20.4 Å². The number of carbonyl (C=O) groups is 1. The molecule has 7 heteroatoms. The lowest BCUT2D eigenvalue weighted by atomic mass is 10.1. The van der Waals surface area contributed by atoms with Crippen LogP contribution in [0.4, 0.5) is 5.69 Å². The maximum Gasteiger partial charge on any atom is 0.419 e. The van der Waals surface area contributed by atoms with Crippen molar-refractivity contribution < 1.29 is 18.7 Å². The quantitative estimate of drug-likeness (QED) is 0.723. The highest BCUT2D eigenvalue weighted by atomic mass is 16.5. The van der Waals surface area contributed by atoms with Crippen LogP contribution in [0, 0.1) is 6.92 Å². The number of benzene rings is 2. The van der Waals surface area contributed by atoms with Gasteiger partial charge in [-0.15, -0.1) is 0 Å². The Labute approximate surface area is 156 Å². The van der Waals surface area contributed by atoms with Crippen LogP contribution in [0.15, 0.2) is 57.9 Å². The summed E-state index contributed by atoms with van der Waals surface area (Å²) >= 11 is 0. The summed E-state index contributed by atoms with van der Waals surface area (Å²) in [6, 6.07) is 12.6. The molecule has 0 saturated heterocycles. The molecule has 0 bridgehead atoms. The molecule has 1 heterocycles. The number of amides is 1. The SMILES string of the molecule is COc1ccc(NC(=O)Cn2cc(-c3ccc(C)cc3)oc2=O)cc1OC. The Morgan fingerprint density at radius 3 is 2.44 bits per heavy atom. The monoisotopic (exact) mass is 368 g/mol. The number of rotatable bonds is 6. The number of methoxy groups -OCH3 is 2. The van der Waals surface area contributed by atoms with E-state index in [1.54, 1.807) is 18.2 Å². The zero-order valence-corrected chi connectivity index (χ0v) is 15.3. The number of oxazole rings is 1. The van der Waals surface area contributed by atoms with Gasteiger partial charge >= 0.3 is 5.76 Å². The molecule has 3 rings (SSSR count). The molecular formula is C20H20N2O5. The fourth-order valence-corrected chi connectivity index (χ4v) is 2.60. The van der Waals surface area contributed by atoms with Crippen LogP contribution >= 0.6 is 0 Å². The zero-order chi connectivity index (χ0) is 19.4. The van der Waals surface area contributed by atoms with E-state index >= 15 is 0 Å². The van der Waals surface area contributed by atoms with Crippen molar-refractivity contribution in [1.29, 1.82) is 0 Å². The van der Waals surface area contributed by atoms with E-state index in [0.29, 0.717) is 22.9 Å². The van der Waals surface area contributed by atoms with E-state index in [9.17, 15) is 9.59 Å². The average molecular weight is 368 g/mol. The number of hydrogen-bond donors (Lipinski definition) is 1. The smallest absolute Gasteiger partial charge is 0.419 e. The third-order valence-corrected chi connectivity index (χ3v) is 4.02. The summed E-state index contributed by atoms with van der Waals surface area (Å²) in [6.07, 6.45) is 1.53. The lowest BCUT2D eigenvalue weighted by Crippen LogP contribution is -2.24. The van der Waals surface area contributed by atoms with E-state index in [1.165, 1.54) is 25.0 Å². The van der Waals surface area contributed by atoms with E-state index in [0.717, 1.165) is 11.1 Å². The number of ether oxygens (including phenoxy) is 2. The Hall–Kier alpha value is -3.48. The minimum absolute atomic E-state index is 0.164. The van der Waals surface area contributed by atoms with Crippen LogP contribution in [-0.2, 0) is 11.3 Å². The first-order chi connectivity index (χ1) is 13.0. The number of nitrogens with zero attached hydrogens (tertiary/aromatic N) is 1. The fraction of sp³-hybridized carbons (Fsp3) is 0.200. The van der Waals surface area contributed by atoms with Crippen molar-refractivity contribution in [3.8, 4) is 22.8 Å². The van der Waals surface area contributed by atoms with E-state index in [1.807, 2.05) is 31.2 Å². The zero-order valence-electron chi connectivity index (χ0n) is 15.3. The molecule has 3 aromatic rings. The van der Waals surface area contributed by atoms with Crippen molar-refractivity contribution in [3.05, 3.63) is 64.8 Å². The number of aromatic nitrogens is 1. The third kappa shape index (κ3) is 4.20. The van der Waals surface area contributed by atoms with E-state index in [4.69, 9.17) is 13.9 Å². The van der Waals surface area contributed by atoms with Crippen molar-refractivity contribution in [3.63, 3.8) is 0 Å². The Morgan fingerprint density at radius 1 is 1.07 bits per heavy atom. The molecule has 0 aliphatic heterocycles. The third-order valence-electron chi connectivity index (χ3n) is 4.02. The number of carbonyl (C=O) groups excluding carboxylic acids is 1. The van der Waals surface area contributed by atoms with Gasteiger partial charge in [-0.05, 0) is 19.1 Å². The Bertz CT molecular complexity index is 1000. The Kier molecular flexibility index (Phi) is 5.30. The Morgan fingerprint density at radius 2 is 1.78 bits per heavy atom. The van der Waals surface area contributed by atoms with Gasteiger partial charge < -0.3 is 19.2 Å². The van der Waals surface area contributed by atoms with E-state index in [2.05, 4.69) is 5.32 Å².